The summed E-state index contributed by atoms with van der Waals surface area (Å²) in [5, 5.41) is 10.8. The van der Waals surface area contributed by atoms with E-state index >= 15 is 0 Å². The van der Waals surface area contributed by atoms with Gasteiger partial charge in [0, 0.05) is 25.2 Å². The van der Waals surface area contributed by atoms with E-state index in [2.05, 4.69) is 20.4 Å². The molecule has 0 spiro atoms. The number of anilines is 1. The van der Waals surface area contributed by atoms with Crippen LogP contribution in [0, 0.1) is 0 Å². The molecule has 8 heteroatoms. The number of aromatic amines is 1. The Hall–Kier alpha value is -3.68. The van der Waals surface area contributed by atoms with Crippen molar-refractivity contribution in [3.63, 3.8) is 0 Å². The van der Waals surface area contributed by atoms with Gasteiger partial charge in [0.15, 0.2) is 17.3 Å². The normalized spacial score (nSPS) is 15.8. The molecule has 0 aliphatic carbocycles. The van der Waals surface area contributed by atoms with Crippen molar-refractivity contribution in [3.8, 4) is 28.5 Å². The summed E-state index contributed by atoms with van der Waals surface area (Å²) in [5.41, 5.74) is 2.44. The predicted octanol–water partition coefficient (Wildman–Crippen LogP) is 3.50. The Kier molecular flexibility index (Phi) is 6.49. The lowest BCUT2D eigenvalue weighted by atomic mass is 10.0. The summed E-state index contributed by atoms with van der Waals surface area (Å²) < 4.78 is 15.9. The standard InChI is InChI=1S/C24H28N4O4/c1-30-18-11-9-16(10-12-18)20-14-22(27-26-20)28-13-5-6-17(15-28)25-24(29)19-7-4-8-21(31-2)23(19)32-3/h4,7-12,14,17H,5-6,13,15H2,1-3H3,(H,25,29)(H,26,27)/t17-/m1/s1. The van der Waals surface area contributed by atoms with E-state index in [-0.39, 0.29) is 11.9 Å². The minimum absolute atomic E-state index is 0.00768. The maximum absolute atomic E-state index is 12.9. The number of hydrogen-bond acceptors (Lipinski definition) is 6. The number of amides is 1. The molecule has 32 heavy (non-hydrogen) atoms. The van der Waals surface area contributed by atoms with Crippen LogP contribution in [0.3, 0.4) is 0 Å². The van der Waals surface area contributed by atoms with Gasteiger partial charge < -0.3 is 24.4 Å². The Morgan fingerprint density at radius 1 is 1.09 bits per heavy atom. The van der Waals surface area contributed by atoms with Crippen molar-refractivity contribution < 1.29 is 19.0 Å². The Morgan fingerprint density at radius 2 is 1.91 bits per heavy atom. The third-order valence-corrected chi connectivity index (χ3v) is 5.69. The average Bonchev–Trinajstić information content (AvgIpc) is 3.34. The van der Waals surface area contributed by atoms with Crippen molar-refractivity contribution in [2.45, 2.75) is 18.9 Å². The van der Waals surface area contributed by atoms with Gasteiger partial charge >= 0.3 is 0 Å². The van der Waals surface area contributed by atoms with Gasteiger partial charge in [-0.15, -0.1) is 0 Å². The average molecular weight is 437 g/mol. The molecule has 0 radical (unpaired) electrons. The number of carbonyl (C=O) groups excluding carboxylic acids is 1. The van der Waals surface area contributed by atoms with E-state index in [4.69, 9.17) is 14.2 Å². The van der Waals surface area contributed by atoms with Crippen LogP contribution in [0.25, 0.3) is 11.3 Å². The molecule has 1 saturated heterocycles. The molecule has 2 heterocycles. The highest BCUT2D eigenvalue weighted by molar-refractivity contribution is 5.98. The van der Waals surface area contributed by atoms with Gasteiger partial charge in [0.1, 0.15) is 5.75 Å². The smallest absolute Gasteiger partial charge is 0.255 e. The number of ether oxygens (including phenoxy) is 3. The molecule has 1 atom stereocenters. The molecular formula is C24H28N4O4. The van der Waals surface area contributed by atoms with Crippen molar-refractivity contribution in [3.05, 3.63) is 54.1 Å². The summed E-state index contributed by atoms with van der Waals surface area (Å²) in [7, 11) is 4.75. The predicted molar refractivity (Wildman–Crippen MR) is 123 cm³/mol. The monoisotopic (exact) mass is 436 g/mol. The minimum atomic E-state index is -0.173. The first-order chi connectivity index (χ1) is 15.6. The van der Waals surface area contributed by atoms with Gasteiger partial charge in [0.25, 0.3) is 5.91 Å². The molecule has 0 unspecified atom stereocenters. The fourth-order valence-electron chi connectivity index (χ4n) is 4.02. The van der Waals surface area contributed by atoms with Crippen molar-refractivity contribution >= 4 is 11.7 Å². The fourth-order valence-corrected chi connectivity index (χ4v) is 4.02. The Balaban J connectivity index is 1.44. The second kappa shape index (κ2) is 9.64. The Labute approximate surface area is 187 Å². The SMILES string of the molecule is COc1ccc(-c2cc(N3CCC[C@@H](NC(=O)c4cccc(OC)c4OC)C3)n[nH]2)cc1. The van der Waals surface area contributed by atoms with E-state index < -0.39 is 0 Å². The Morgan fingerprint density at radius 3 is 2.62 bits per heavy atom. The van der Waals surface area contributed by atoms with Crippen LogP contribution in [-0.2, 0) is 0 Å². The number of aromatic nitrogens is 2. The van der Waals surface area contributed by atoms with Crippen LogP contribution in [0.1, 0.15) is 23.2 Å². The molecule has 3 aromatic rings. The highest BCUT2D eigenvalue weighted by Crippen LogP contribution is 2.31. The number of nitrogens with one attached hydrogen (secondary N) is 2. The number of benzene rings is 2. The molecule has 1 amide bonds. The van der Waals surface area contributed by atoms with Gasteiger partial charge in [-0.1, -0.05) is 6.07 Å². The molecule has 4 rings (SSSR count). The highest BCUT2D eigenvalue weighted by atomic mass is 16.5. The van der Waals surface area contributed by atoms with Gasteiger partial charge in [-0.25, -0.2) is 0 Å². The maximum Gasteiger partial charge on any atom is 0.255 e. The molecule has 8 nitrogen and oxygen atoms in total. The lowest BCUT2D eigenvalue weighted by molar-refractivity contribution is 0.0929. The summed E-state index contributed by atoms with van der Waals surface area (Å²) in [6.45, 7) is 1.58. The summed E-state index contributed by atoms with van der Waals surface area (Å²) in [6, 6.07) is 15.2. The quantitative estimate of drug-likeness (QED) is 0.589. The van der Waals surface area contributed by atoms with E-state index in [1.54, 1.807) is 32.4 Å². The van der Waals surface area contributed by atoms with Crippen LogP contribution in [-0.4, -0.2) is 56.6 Å². The van der Waals surface area contributed by atoms with Gasteiger partial charge in [0.2, 0.25) is 0 Å². The largest absolute Gasteiger partial charge is 0.497 e. The van der Waals surface area contributed by atoms with Crippen molar-refractivity contribution in [2.24, 2.45) is 0 Å². The van der Waals surface area contributed by atoms with Gasteiger partial charge in [-0.3, -0.25) is 9.89 Å². The van der Waals surface area contributed by atoms with Gasteiger partial charge in [-0.05, 0) is 54.8 Å². The van der Waals surface area contributed by atoms with E-state index in [0.29, 0.717) is 23.6 Å². The lowest BCUT2D eigenvalue weighted by Gasteiger charge is -2.33. The van der Waals surface area contributed by atoms with Gasteiger partial charge in [-0.2, -0.15) is 5.10 Å². The van der Waals surface area contributed by atoms with Crippen LogP contribution >= 0.6 is 0 Å². The first kappa shape index (κ1) is 21.5. The molecule has 1 fully saturated rings. The summed E-state index contributed by atoms with van der Waals surface area (Å²) in [5.74, 6) is 2.49. The van der Waals surface area contributed by atoms with Crippen LogP contribution in [0.5, 0.6) is 17.2 Å². The third kappa shape index (κ3) is 4.49. The molecular weight excluding hydrogens is 408 g/mol. The molecule has 1 aliphatic rings. The second-order valence-electron chi connectivity index (χ2n) is 7.67. The first-order valence-corrected chi connectivity index (χ1v) is 10.6. The number of piperidine rings is 1. The van der Waals surface area contributed by atoms with Crippen molar-refractivity contribution in [2.75, 3.05) is 39.3 Å². The molecule has 2 aromatic carbocycles. The zero-order valence-corrected chi connectivity index (χ0v) is 18.6. The molecule has 0 saturated carbocycles. The number of rotatable bonds is 7. The number of para-hydroxylation sites is 1. The van der Waals surface area contributed by atoms with E-state index in [0.717, 1.165) is 42.2 Å². The van der Waals surface area contributed by atoms with Crippen LogP contribution in [0.2, 0.25) is 0 Å². The topological polar surface area (TPSA) is 88.7 Å². The number of H-pyrrole nitrogens is 1. The maximum atomic E-state index is 12.9. The van der Waals surface area contributed by atoms with Crippen molar-refractivity contribution in [1.29, 1.82) is 0 Å². The van der Waals surface area contributed by atoms with E-state index in [1.165, 1.54) is 7.11 Å². The Bertz CT molecular complexity index is 1060. The second-order valence-corrected chi connectivity index (χ2v) is 7.67. The molecule has 1 aliphatic heterocycles. The molecule has 168 valence electrons. The number of carbonyl (C=O) groups is 1. The van der Waals surface area contributed by atoms with Crippen molar-refractivity contribution in [1.82, 2.24) is 15.5 Å². The number of nitrogens with zero attached hydrogens (tertiary/aromatic N) is 2. The van der Waals surface area contributed by atoms with E-state index in [1.807, 2.05) is 30.3 Å². The minimum Gasteiger partial charge on any atom is -0.497 e. The highest BCUT2D eigenvalue weighted by Gasteiger charge is 2.25. The van der Waals surface area contributed by atoms with Gasteiger partial charge in [0.05, 0.1) is 32.6 Å². The first-order valence-electron chi connectivity index (χ1n) is 10.6. The fraction of sp³-hybridized carbons (Fsp3) is 0.333. The summed E-state index contributed by atoms with van der Waals surface area (Å²) >= 11 is 0. The third-order valence-electron chi connectivity index (χ3n) is 5.69. The van der Waals surface area contributed by atoms with Crippen LogP contribution in [0.4, 0.5) is 5.82 Å². The van der Waals surface area contributed by atoms with Crippen LogP contribution in [0.15, 0.2) is 48.5 Å². The lowest BCUT2D eigenvalue weighted by Crippen LogP contribution is -2.48. The number of methoxy groups -OCH3 is 3. The number of hydrogen-bond donors (Lipinski definition) is 2. The van der Waals surface area contributed by atoms with E-state index in [9.17, 15) is 4.79 Å². The van der Waals surface area contributed by atoms with Crippen LogP contribution < -0.4 is 24.4 Å². The summed E-state index contributed by atoms with van der Waals surface area (Å²) in [4.78, 5) is 15.1. The molecule has 2 N–H and O–H groups in total. The molecule has 0 bridgehead atoms. The zero-order chi connectivity index (χ0) is 22.5. The zero-order valence-electron chi connectivity index (χ0n) is 18.6. The molecule has 1 aromatic heterocycles. The summed E-state index contributed by atoms with van der Waals surface area (Å²) in [6.07, 6.45) is 1.87.